The summed E-state index contributed by atoms with van der Waals surface area (Å²) in [7, 11) is 0. The van der Waals surface area contributed by atoms with Gasteiger partial charge in [0.25, 0.3) is 0 Å². The highest BCUT2D eigenvalue weighted by Crippen LogP contribution is 2.12. The number of benzene rings is 1. The van der Waals surface area contributed by atoms with Gasteiger partial charge in [0, 0.05) is 6.54 Å². The van der Waals surface area contributed by atoms with Gasteiger partial charge in [0.15, 0.2) is 0 Å². The van der Waals surface area contributed by atoms with Gasteiger partial charge in [-0.15, -0.1) is 0 Å². The normalized spacial score (nSPS) is 11.5. The van der Waals surface area contributed by atoms with Gasteiger partial charge in [-0.2, -0.15) is 5.48 Å². The lowest BCUT2D eigenvalue weighted by molar-refractivity contribution is -0.0757. The molecule has 0 bridgehead atoms. The average Bonchev–Trinajstić information content (AvgIpc) is 2.26. The Hall–Kier alpha value is -1.06. The number of ether oxygens (including phenoxy) is 1. The van der Waals surface area contributed by atoms with Gasteiger partial charge < -0.3 is 4.74 Å². The first-order valence-corrected chi connectivity index (χ1v) is 6.14. The lowest BCUT2D eigenvalue weighted by Crippen LogP contribution is -2.28. The highest BCUT2D eigenvalue weighted by Gasteiger charge is 2.09. The number of hydroxylamine groups is 1. The van der Waals surface area contributed by atoms with Crippen molar-refractivity contribution in [1.82, 2.24) is 5.48 Å². The van der Waals surface area contributed by atoms with Gasteiger partial charge in [-0.1, -0.05) is 19.1 Å². The van der Waals surface area contributed by atoms with E-state index in [0.29, 0.717) is 6.54 Å². The summed E-state index contributed by atoms with van der Waals surface area (Å²) in [5.74, 6) is 0.923. The van der Waals surface area contributed by atoms with Gasteiger partial charge in [-0.25, -0.2) is 0 Å². The zero-order valence-corrected chi connectivity index (χ0v) is 11.2. The molecule has 3 heteroatoms. The topological polar surface area (TPSA) is 30.5 Å². The fourth-order valence-corrected chi connectivity index (χ4v) is 1.26. The molecule has 0 aromatic heterocycles. The van der Waals surface area contributed by atoms with Gasteiger partial charge in [-0.3, -0.25) is 4.84 Å². The first kappa shape index (κ1) is 14.0. The van der Waals surface area contributed by atoms with Crippen molar-refractivity contribution in [3.63, 3.8) is 0 Å². The van der Waals surface area contributed by atoms with Crippen molar-refractivity contribution in [2.45, 2.75) is 46.3 Å². The predicted molar refractivity (Wildman–Crippen MR) is 69.9 cm³/mol. The van der Waals surface area contributed by atoms with E-state index in [0.717, 1.165) is 18.8 Å². The van der Waals surface area contributed by atoms with Crippen LogP contribution in [0.5, 0.6) is 5.75 Å². The summed E-state index contributed by atoms with van der Waals surface area (Å²) < 4.78 is 5.52. The zero-order valence-electron chi connectivity index (χ0n) is 11.2. The van der Waals surface area contributed by atoms with E-state index in [1.165, 1.54) is 5.56 Å². The third-order valence-corrected chi connectivity index (χ3v) is 2.05. The summed E-state index contributed by atoms with van der Waals surface area (Å²) in [4.78, 5) is 5.45. The van der Waals surface area contributed by atoms with E-state index >= 15 is 0 Å². The molecule has 0 saturated carbocycles. The fraction of sp³-hybridized carbons (Fsp3) is 0.571. The molecule has 96 valence electrons. The maximum Gasteiger partial charge on any atom is 0.119 e. The molecule has 0 saturated heterocycles. The first-order chi connectivity index (χ1) is 8.01. The Labute approximate surface area is 104 Å². The SMILES string of the molecule is CCCOc1ccc(CNOC(C)(C)C)cc1. The highest BCUT2D eigenvalue weighted by molar-refractivity contribution is 5.27. The van der Waals surface area contributed by atoms with Crippen LogP contribution in [-0.2, 0) is 11.4 Å². The van der Waals surface area contributed by atoms with Crippen LogP contribution < -0.4 is 10.2 Å². The molecule has 0 heterocycles. The third-order valence-electron chi connectivity index (χ3n) is 2.05. The minimum Gasteiger partial charge on any atom is -0.494 e. The molecule has 0 fully saturated rings. The van der Waals surface area contributed by atoms with Crippen molar-refractivity contribution in [3.8, 4) is 5.75 Å². The van der Waals surface area contributed by atoms with Crippen LogP contribution in [0.1, 0.15) is 39.7 Å². The van der Waals surface area contributed by atoms with Crippen molar-refractivity contribution in [3.05, 3.63) is 29.8 Å². The summed E-state index contributed by atoms with van der Waals surface area (Å²) in [5.41, 5.74) is 3.98. The molecule has 3 nitrogen and oxygen atoms in total. The predicted octanol–water partition coefficient (Wildman–Crippen LogP) is 3.30. The summed E-state index contributed by atoms with van der Waals surface area (Å²) >= 11 is 0. The molecule has 0 amide bonds. The Morgan fingerprint density at radius 2 is 1.76 bits per heavy atom. The molecule has 0 aliphatic rings. The van der Waals surface area contributed by atoms with E-state index in [1.807, 2.05) is 45.0 Å². The lowest BCUT2D eigenvalue weighted by Gasteiger charge is -2.19. The molecule has 0 atom stereocenters. The van der Waals surface area contributed by atoms with Gasteiger partial charge in [0.05, 0.1) is 12.2 Å². The van der Waals surface area contributed by atoms with Crippen LogP contribution in [0.2, 0.25) is 0 Å². The van der Waals surface area contributed by atoms with E-state index in [9.17, 15) is 0 Å². The van der Waals surface area contributed by atoms with Gasteiger partial charge >= 0.3 is 0 Å². The molecule has 0 unspecified atom stereocenters. The Morgan fingerprint density at radius 1 is 1.12 bits per heavy atom. The minimum atomic E-state index is -0.163. The molecule has 17 heavy (non-hydrogen) atoms. The molecular weight excluding hydrogens is 214 g/mol. The second-order valence-electron chi connectivity index (χ2n) is 5.03. The Bertz CT molecular complexity index is 314. The maximum atomic E-state index is 5.52. The Balaban J connectivity index is 2.35. The highest BCUT2D eigenvalue weighted by atomic mass is 16.7. The standard InChI is InChI=1S/C14H23NO2/c1-5-10-16-13-8-6-12(7-9-13)11-15-17-14(2,3)4/h6-9,15H,5,10-11H2,1-4H3. The fourth-order valence-electron chi connectivity index (χ4n) is 1.26. The van der Waals surface area contributed by atoms with E-state index in [2.05, 4.69) is 12.4 Å². The molecule has 1 aromatic rings. The second kappa shape index (κ2) is 6.62. The van der Waals surface area contributed by atoms with Crippen molar-refractivity contribution >= 4 is 0 Å². The van der Waals surface area contributed by atoms with Gasteiger partial charge in [0.2, 0.25) is 0 Å². The van der Waals surface area contributed by atoms with Crippen molar-refractivity contribution in [2.75, 3.05) is 6.61 Å². The van der Waals surface area contributed by atoms with E-state index in [-0.39, 0.29) is 5.60 Å². The van der Waals surface area contributed by atoms with Crippen molar-refractivity contribution in [1.29, 1.82) is 0 Å². The number of hydrogen-bond acceptors (Lipinski definition) is 3. The molecule has 1 rings (SSSR count). The number of rotatable bonds is 6. The van der Waals surface area contributed by atoms with Crippen LogP contribution in [-0.4, -0.2) is 12.2 Å². The van der Waals surface area contributed by atoms with Crippen LogP contribution in [0.25, 0.3) is 0 Å². The molecule has 0 aliphatic heterocycles. The van der Waals surface area contributed by atoms with Crippen LogP contribution in [0.3, 0.4) is 0 Å². The zero-order chi connectivity index (χ0) is 12.7. The molecule has 0 radical (unpaired) electrons. The van der Waals surface area contributed by atoms with Crippen LogP contribution in [0, 0.1) is 0 Å². The molecule has 0 aliphatic carbocycles. The van der Waals surface area contributed by atoms with Crippen LogP contribution in [0.4, 0.5) is 0 Å². The summed E-state index contributed by atoms with van der Waals surface area (Å²) in [6, 6.07) is 8.07. The quantitative estimate of drug-likeness (QED) is 0.770. The summed E-state index contributed by atoms with van der Waals surface area (Å²) in [6.45, 7) is 9.61. The summed E-state index contributed by atoms with van der Waals surface area (Å²) in [5, 5.41) is 0. The van der Waals surface area contributed by atoms with E-state index in [4.69, 9.17) is 9.57 Å². The first-order valence-electron chi connectivity index (χ1n) is 6.14. The van der Waals surface area contributed by atoms with Crippen molar-refractivity contribution < 1.29 is 9.57 Å². The van der Waals surface area contributed by atoms with Crippen molar-refractivity contribution in [2.24, 2.45) is 0 Å². The number of hydrogen-bond donors (Lipinski definition) is 1. The van der Waals surface area contributed by atoms with Crippen LogP contribution in [0.15, 0.2) is 24.3 Å². The minimum absolute atomic E-state index is 0.163. The molecule has 1 N–H and O–H groups in total. The monoisotopic (exact) mass is 237 g/mol. The summed E-state index contributed by atoms with van der Waals surface area (Å²) in [6.07, 6.45) is 1.03. The molecule has 1 aromatic carbocycles. The van der Waals surface area contributed by atoms with E-state index in [1.54, 1.807) is 0 Å². The van der Waals surface area contributed by atoms with Gasteiger partial charge in [-0.05, 0) is 44.9 Å². The largest absolute Gasteiger partial charge is 0.494 e. The van der Waals surface area contributed by atoms with E-state index < -0.39 is 0 Å². The molecular formula is C14H23NO2. The lowest BCUT2D eigenvalue weighted by atomic mass is 10.2. The molecule has 0 spiro atoms. The Kier molecular flexibility index (Phi) is 5.45. The second-order valence-corrected chi connectivity index (χ2v) is 5.03. The third kappa shape index (κ3) is 6.29. The van der Waals surface area contributed by atoms with Crippen LogP contribution >= 0.6 is 0 Å². The number of nitrogens with one attached hydrogen (secondary N) is 1. The average molecular weight is 237 g/mol. The van der Waals surface area contributed by atoms with Gasteiger partial charge in [0.1, 0.15) is 5.75 Å². The maximum absolute atomic E-state index is 5.52. The smallest absolute Gasteiger partial charge is 0.119 e. The Morgan fingerprint density at radius 3 is 2.29 bits per heavy atom.